The molecule has 4 nitrogen and oxygen atoms in total. The lowest BCUT2D eigenvalue weighted by Crippen LogP contribution is -2.34. The van der Waals surface area contributed by atoms with Crippen LogP contribution in [-0.2, 0) is 19.4 Å². The third-order valence-electron chi connectivity index (χ3n) is 3.81. The van der Waals surface area contributed by atoms with Crippen molar-refractivity contribution in [3.8, 4) is 0 Å². The third kappa shape index (κ3) is 2.86. The zero-order chi connectivity index (χ0) is 12.3. The largest absolute Gasteiger partial charge is 0.326 e. The molecule has 2 rings (SSSR count). The van der Waals surface area contributed by atoms with E-state index in [0.29, 0.717) is 5.92 Å². The molecule has 1 aromatic heterocycles. The van der Waals surface area contributed by atoms with E-state index in [1.165, 1.54) is 25.7 Å². The summed E-state index contributed by atoms with van der Waals surface area (Å²) in [6.07, 6.45) is 7.10. The summed E-state index contributed by atoms with van der Waals surface area (Å²) in [6, 6.07) is 0.245. The SMILES string of the molecule is CCc1nc(CC)n(CC(N)C2CCCC2)n1. The molecule has 96 valence electrons. The Balaban J connectivity index is 2.03. The highest BCUT2D eigenvalue weighted by molar-refractivity contribution is 4.94. The summed E-state index contributed by atoms with van der Waals surface area (Å²) in [6.45, 7) is 5.05. The lowest BCUT2D eigenvalue weighted by Gasteiger charge is -2.19. The maximum Gasteiger partial charge on any atom is 0.150 e. The van der Waals surface area contributed by atoms with Crippen molar-refractivity contribution in [1.29, 1.82) is 0 Å². The molecule has 17 heavy (non-hydrogen) atoms. The fraction of sp³-hybridized carbons (Fsp3) is 0.846. The average molecular weight is 236 g/mol. The minimum absolute atomic E-state index is 0.245. The van der Waals surface area contributed by atoms with E-state index in [1.807, 2.05) is 4.68 Å². The second kappa shape index (κ2) is 5.63. The Hall–Kier alpha value is -0.900. The third-order valence-corrected chi connectivity index (χ3v) is 3.81. The molecule has 0 bridgehead atoms. The van der Waals surface area contributed by atoms with Gasteiger partial charge in [-0.2, -0.15) is 5.10 Å². The molecule has 0 spiro atoms. The molecule has 1 aliphatic carbocycles. The summed E-state index contributed by atoms with van der Waals surface area (Å²) >= 11 is 0. The number of nitrogens with two attached hydrogens (primary N) is 1. The van der Waals surface area contributed by atoms with Gasteiger partial charge in [0.2, 0.25) is 0 Å². The molecule has 1 aliphatic rings. The average Bonchev–Trinajstić information content (AvgIpc) is 2.97. The zero-order valence-electron chi connectivity index (χ0n) is 11.0. The quantitative estimate of drug-likeness (QED) is 0.849. The molecule has 0 aliphatic heterocycles. The van der Waals surface area contributed by atoms with Gasteiger partial charge in [0.25, 0.3) is 0 Å². The lowest BCUT2D eigenvalue weighted by atomic mass is 9.99. The van der Waals surface area contributed by atoms with Gasteiger partial charge in [0.1, 0.15) is 5.82 Å². The Morgan fingerprint density at radius 1 is 1.29 bits per heavy atom. The maximum atomic E-state index is 6.30. The van der Waals surface area contributed by atoms with Gasteiger partial charge < -0.3 is 5.73 Å². The smallest absolute Gasteiger partial charge is 0.150 e. The molecule has 1 saturated carbocycles. The van der Waals surface area contributed by atoms with Gasteiger partial charge in [-0.1, -0.05) is 26.7 Å². The van der Waals surface area contributed by atoms with Crippen LogP contribution in [0.1, 0.15) is 51.2 Å². The van der Waals surface area contributed by atoms with Crippen molar-refractivity contribution in [2.75, 3.05) is 0 Å². The molecular formula is C13H24N4. The van der Waals surface area contributed by atoms with Crippen LogP contribution in [0.4, 0.5) is 0 Å². The minimum atomic E-state index is 0.245. The molecule has 0 radical (unpaired) electrons. The molecule has 0 amide bonds. The molecular weight excluding hydrogens is 212 g/mol. The van der Waals surface area contributed by atoms with E-state index in [2.05, 4.69) is 23.9 Å². The Bertz CT molecular complexity index is 352. The second-order valence-corrected chi connectivity index (χ2v) is 5.04. The van der Waals surface area contributed by atoms with E-state index >= 15 is 0 Å². The Labute approximate surface area is 104 Å². The van der Waals surface area contributed by atoms with Crippen molar-refractivity contribution in [1.82, 2.24) is 14.8 Å². The summed E-state index contributed by atoms with van der Waals surface area (Å²) in [4.78, 5) is 4.52. The molecule has 0 saturated heterocycles. The second-order valence-electron chi connectivity index (χ2n) is 5.04. The van der Waals surface area contributed by atoms with Crippen LogP contribution in [0.15, 0.2) is 0 Å². The molecule has 2 N–H and O–H groups in total. The van der Waals surface area contributed by atoms with Gasteiger partial charge in [-0.15, -0.1) is 0 Å². The highest BCUT2D eigenvalue weighted by Gasteiger charge is 2.23. The van der Waals surface area contributed by atoms with E-state index in [1.54, 1.807) is 0 Å². The summed E-state index contributed by atoms with van der Waals surface area (Å²) in [5, 5.41) is 4.54. The number of rotatable bonds is 5. The molecule has 1 unspecified atom stereocenters. The minimum Gasteiger partial charge on any atom is -0.326 e. The summed E-state index contributed by atoms with van der Waals surface area (Å²) in [7, 11) is 0. The van der Waals surface area contributed by atoms with Crippen LogP contribution in [0.5, 0.6) is 0 Å². The molecule has 1 atom stereocenters. The molecule has 1 aromatic rings. The summed E-state index contributed by atoms with van der Waals surface area (Å²) < 4.78 is 2.03. The van der Waals surface area contributed by atoms with Gasteiger partial charge in [-0.05, 0) is 18.8 Å². The highest BCUT2D eigenvalue weighted by atomic mass is 15.3. The Morgan fingerprint density at radius 3 is 2.59 bits per heavy atom. The maximum absolute atomic E-state index is 6.30. The molecule has 1 fully saturated rings. The van der Waals surface area contributed by atoms with Gasteiger partial charge in [0.05, 0.1) is 6.54 Å². The fourth-order valence-corrected chi connectivity index (χ4v) is 2.72. The van der Waals surface area contributed by atoms with Gasteiger partial charge in [-0.25, -0.2) is 9.67 Å². The monoisotopic (exact) mass is 236 g/mol. The molecule has 1 heterocycles. The van der Waals surface area contributed by atoms with Gasteiger partial charge >= 0.3 is 0 Å². The Morgan fingerprint density at radius 2 is 2.00 bits per heavy atom. The summed E-state index contributed by atoms with van der Waals surface area (Å²) in [5.74, 6) is 2.71. The first-order chi connectivity index (χ1) is 8.24. The van der Waals surface area contributed by atoms with E-state index in [0.717, 1.165) is 31.0 Å². The van der Waals surface area contributed by atoms with Crippen LogP contribution in [-0.4, -0.2) is 20.8 Å². The predicted molar refractivity (Wildman–Crippen MR) is 68.7 cm³/mol. The number of hydrogen-bond donors (Lipinski definition) is 1. The number of aromatic nitrogens is 3. The first-order valence-electron chi connectivity index (χ1n) is 6.92. The zero-order valence-corrected chi connectivity index (χ0v) is 11.0. The number of hydrogen-bond acceptors (Lipinski definition) is 3. The summed E-state index contributed by atoms with van der Waals surface area (Å²) in [5.41, 5.74) is 6.30. The highest BCUT2D eigenvalue weighted by Crippen LogP contribution is 2.27. The standard InChI is InChI=1S/C13H24N4/c1-3-12-15-13(4-2)17(16-12)9-11(14)10-7-5-6-8-10/h10-11H,3-9,14H2,1-2H3. The van der Waals surface area contributed by atoms with E-state index in [9.17, 15) is 0 Å². The topological polar surface area (TPSA) is 56.7 Å². The first kappa shape index (κ1) is 12.6. The van der Waals surface area contributed by atoms with Gasteiger partial charge in [0, 0.05) is 18.9 Å². The molecule has 4 heteroatoms. The van der Waals surface area contributed by atoms with Crippen molar-refractivity contribution < 1.29 is 0 Å². The number of nitrogens with zero attached hydrogens (tertiary/aromatic N) is 3. The van der Waals surface area contributed by atoms with E-state index < -0.39 is 0 Å². The fourth-order valence-electron chi connectivity index (χ4n) is 2.72. The van der Waals surface area contributed by atoms with Crippen LogP contribution in [0.3, 0.4) is 0 Å². The van der Waals surface area contributed by atoms with Crippen molar-refractivity contribution in [2.45, 2.75) is 65.0 Å². The lowest BCUT2D eigenvalue weighted by molar-refractivity contribution is 0.367. The predicted octanol–water partition coefficient (Wildman–Crippen LogP) is 1.92. The van der Waals surface area contributed by atoms with Crippen LogP contribution in [0.25, 0.3) is 0 Å². The van der Waals surface area contributed by atoms with Crippen LogP contribution >= 0.6 is 0 Å². The van der Waals surface area contributed by atoms with Crippen LogP contribution in [0, 0.1) is 5.92 Å². The molecule has 0 aromatic carbocycles. The normalized spacial score (nSPS) is 18.8. The first-order valence-corrected chi connectivity index (χ1v) is 6.92. The van der Waals surface area contributed by atoms with Crippen LogP contribution < -0.4 is 5.73 Å². The van der Waals surface area contributed by atoms with Gasteiger partial charge in [0.15, 0.2) is 5.82 Å². The van der Waals surface area contributed by atoms with Gasteiger partial charge in [-0.3, -0.25) is 0 Å². The van der Waals surface area contributed by atoms with Crippen molar-refractivity contribution in [2.24, 2.45) is 11.7 Å². The van der Waals surface area contributed by atoms with Crippen molar-refractivity contribution in [3.63, 3.8) is 0 Å². The number of aryl methyl sites for hydroxylation is 2. The van der Waals surface area contributed by atoms with E-state index in [4.69, 9.17) is 5.73 Å². The van der Waals surface area contributed by atoms with Crippen molar-refractivity contribution in [3.05, 3.63) is 11.6 Å². The van der Waals surface area contributed by atoms with E-state index in [-0.39, 0.29) is 6.04 Å². The Kier molecular flexibility index (Phi) is 4.15. The van der Waals surface area contributed by atoms with Crippen molar-refractivity contribution >= 4 is 0 Å². The van der Waals surface area contributed by atoms with Crippen LogP contribution in [0.2, 0.25) is 0 Å².